The Morgan fingerprint density at radius 2 is 1.67 bits per heavy atom. The first-order valence-corrected chi connectivity index (χ1v) is 9.63. The standard InChI is InChI=1S/C22H18ClN5O2/c23-18-8-6-17(7-9-18)22(16-4-2-1-3-5-16)25-21(29)14-30-20-12-10-19(11-13-20)28-15-24-26-27-28/h1-13,15,22H,14H2,(H,25,29)/t22-/m0/s1. The molecule has 0 saturated carbocycles. The molecule has 30 heavy (non-hydrogen) atoms. The van der Waals surface area contributed by atoms with Crippen molar-refractivity contribution in [1.82, 2.24) is 25.5 Å². The first kappa shape index (κ1) is 19.6. The lowest BCUT2D eigenvalue weighted by Gasteiger charge is -2.20. The molecule has 1 atom stereocenters. The maximum absolute atomic E-state index is 12.6. The average Bonchev–Trinajstić information content (AvgIpc) is 3.33. The van der Waals surface area contributed by atoms with Crippen molar-refractivity contribution in [2.24, 2.45) is 0 Å². The molecule has 0 radical (unpaired) electrons. The van der Waals surface area contributed by atoms with Gasteiger partial charge < -0.3 is 10.1 Å². The van der Waals surface area contributed by atoms with Gasteiger partial charge in [-0.2, -0.15) is 0 Å². The Kier molecular flexibility index (Phi) is 6.01. The van der Waals surface area contributed by atoms with Gasteiger partial charge in [0.25, 0.3) is 5.91 Å². The van der Waals surface area contributed by atoms with Crippen molar-refractivity contribution < 1.29 is 9.53 Å². The number of carbonyl (C=O) groups is 1. The van der Waals surface area contributed by atoms with Gasteiger partial charge in [0.05, 0.1) is 11.7 Å². The van der Waals surface area contributed by atoms with Crippen LogP contribution in [0.3, 0.4) is 0 Å². The van der Waals surface area contributed by atoms with E-state index in [1.807, 2.05) is 66.7 Å². The van der Waals surface area contributed by atoms with E-state index < -0.39 is 0 Å². The Labute approximate surface area is 178 Å². The fourth-order valence-corrected chi connectivity index (χ4v) is 3.11. The number of carbonyl (C=O) groups excluding carboxylic acids is 1. The highest BCUT2D eigenvalue weighted by Crippen LogP contribution is 2.23. The Bertz CT molecular complexity index is 1080. The number of halogens is 1. The fourth-order valence-electron chi connectivity index (χ4n) is 2.99. The summed E-state index contributed by atoms with van der Waals surface area (Å²) in [6.07, 6.45) is 1.50. The number of amides is 1. The van der Waals surface area contributed by atoms with E-state index in [9.17, 15) is 4.79 Å². The zero-order valence-corrected chi connectivity index (χ0v) is 16.6. The number of tetrazole rings is 1. The quantitative estimate of drug-likeness (QED) is 0.495. The minimum atomic E-state index is -0.304. The van der Waals surface area contributed by atoms with E-state index in [2.05, 4.69) is 20.8 Å². The van der Waals surface area contributed by atoms with Crippen LogP contribution in [0.15, 0.2) is 85.2 Å². The lowest BCUT2D eigenvalue weighted by atomic mass is 9.99. The van der Waals surface area contributed by atoms with Crippen LogP contribution in [0.1, 0.15) is 17.2 Å². The third-order valence-corrected chi connectivity index (χ3v) is 4.71. The van der Waals surface area contributed by atoms with Crippen molar-refractivity contribution in [2.45, 2.75) is 6.04 Å². The molecule has 0 aliphatic heterocycles. The van der Waals surface area contributed by atoms with E-state index in [4.69, 9.17) is 16.3 Å². The first-order valence-electron chi connectivity index (χ1n) is 9.25. The van der Waals surface area contributed by atoms with Gasteiger partial charge >= 0.3 is 0 Å². The van der Waals surface area contributed by atoms with Crippen LogP contribution in [-0.4, -0.2) is 32.7 Å². The van der Waals surface area contributed by atoms with Crippen LogP contribution in [0.5, 0.6) is 5.75 Å². The molecule has 1 amide bonds. The molecule has 1 N–H and O–H groups in total. The molecule has 0 saturated heterocycles. The second-order valence-electron chi connectivity index (χ2n) is 6.50. The van der Waals surface area contributed by atoms with Gasteiger partial charge in [0, 0.05) is 5.02 Å². The van der Waals surface area contributed by atoms with Gasteiger partial charge in [0.15, 0.2) is 6.61 Å². The summed E-state index contributed by atoms with van der Waals surface area (Å²) in [7, 11) is 0. The van der Waals surface area contributed by atoms with E-state index in [-0.39, 0.29) is 18.6 Å². The number of nitrogens with one attached hydrogen (secondary N) is 1. The fraction of sp³-hybridized carbons (Fsp3) is 0.0909. The smallest absolute Gasteiger partial charge is 0.258 e. The summed E-state index contributed by atoms with van der Waals surface area (Å²) in [6, 6.07) is 24.0. The number of hydrogen-bond donors (Lipinski definition) is 1. The molecule has 1 aromatic heterocycles. The zero-order valence-electron chi connectivity index (χ0n) is 15.9. The number of rotatable bonds is 7. The topological polar surface area (TPSA) is 81.9 Å². The van der Waals surface area contributed by atoms with Crippen LogP contribution in [0, 0.1) is 0 Å². The molecular weight excluding hydrogens is 402 g/mol. The molecule has 0 bridgehead atoms. The maximum Gasteiger partial charge on any atom is 0.258 e. The van der Waals surface area contributed by atoms with Crippen LogP contribution >= 0.6 is 11.6 Å². The van der Waals surface area contributed by atoms with Crippen LogP contribution in [0.4, 0.5) is 0 Å². The highest BCUT2D eigenvalue weighted by molar-refractivity contribution is 6.30. The summed E-state index contributed by atoms with van der Waals surface area (Å²) in [4.78, 5) is 12.6. The Morgan fingerprint density at radius 1 is 0.967 bits per heavy atom. The van der Waals surface area contributed by atoms with Crippen molar-refractivity contribution in [1.29, 1.82) is 0 Å². The Hall–Kier alpha value is -3.71. The van der Waals surface area contributed by atoms with Gasteiger partial charge in [-0.05, 0) is 58.0 Å². The third kappa shape index (κ3) is 4.82. The molecule has 3 aromatic carbocycles. The normalized spacial score (nSPS) is 11.6. The van der Waals surface area contributed by atoms with Crippen molar-refractivity contribution in [2.75, 3.05) is 6.61 Å². The highest BCUT2D eigenvalue weighted by atomic mass is 35.5. The molecule has 4 rings (SSSR count). The summed E-state index contributed by atoms with van der Waals surface area (Å²) >= 11 is 6.01. The summed E-state index contributed by atoms with van der Waals surface area (Å²) in [5, 5.41) is 14.7. The summed E-state index contributed by atoms with van der Waals surface area (Å²) < 4.78 is 7.17. The largest absolute Gasteiger partial charge is 0.484 e. The average molecular weight is 420 g/mol. The molecule has 7 nitrogen and oxygen atoms in total. The van der Waals surface area contributed by atoms with Crippen LogP contribution in [0.25, 0.3) is 5.69 Å². The molecule has 8 heteroatoms. The highest BCUT2D eigenvalue weighted by Gasteiger charge is 2.17. The minimum Gasteiger partial charge on any atom is -0.484 e. The van der Waals surface area contributed by atoms with Gasteiger partial charge in [-0.1, -0.05) is 54.1 Å². The molecule has 150 valence electrons. The molecule has 0 unspecified atom stereocenters. The van der Waals surface area contributed by atoms with Gasteiger partial charge in [-0.3, -0.25) is 4.79 Å². The number of nitrogens with zero attached hydrogens (tertiary/aromatic N) is 4. The molecule has 0 aliphatic rings. The van der Waals surface area contributed by atoms with Crippen LogP contribution < -0.4 is 10.1 Å². The Balaban J connectivity index is 1.42. The SMILES string of the molecule is O=C(COc1ccc(-n2cnnn2)cc1)N[C@@H](c1ccccc1)c1ccc(Cl)cc1. The van der Waals surface area contributed by atoms with E-state index in [0.29, 0.717) is 10.8 Å². The minimum absolute atomic E-state index is 0.110. The molecular formula is C22H18ClN5O2. The van der Waals surface area contributed by atoms with E-state index in [1.165, 1.54) is 11.0 Å². The summed E-state index contributed by atoms with van der Waals surface area (Å²) in [5.41, 5.74) is 2.70. The van der Waals surface area contributed by atoms with Gasteiger partial charge in [0.1, 0.15) is 12.1 Å². The molecule has 1 heterocycles. The Morgan fingerprint density at radius 3 is 2.33 bits per heavy atom. The number of aromatic nitrogens is 4. The van der Waals surface area contributed by atoms with Crippen molar-refractivity contribution in [3.8, 4) is 11.4 Å². The van der Waals surface area contributed by atoms with Crippen LogP contribution in [0.2, 0.25) is 5.02 Å². The summed E-state index contributed by atoms with van der Waals surface area (Å²) in [5.74, 6) is 0.341. The van der Waals surface area contributed by atoms with E-state index in [1.54, 1.807) is 12.1 Å². The van der Waals surface area contributed by atoms with E-state index in [0.717, 1.165) is 16.8 Å². The molecule has 4 aromatic rings. The number of ether oxygens (including phenoxy) is 1. The maximum atomic E-state index is 12.6. The first-order chi connectivity index (χ1) is 14.7. The van der Waals surface area contributed by atoms with Gasteiger partial charge in [-0.15, -0.1) is 5.10 Å². The van der Waals surface area contributed by atoms with Gasteiger partial charge in [0.2, 0.25) is 0 Å². The number of benzene rings is 3. The number of hydrogen-bond acceptors (Lipinski definition) is 5. The van der Waals surface area contributed by atoms with Crippen molar-refractivity contribution in [3.63, 3.8) is 0 Å². The molecule has 0 spiro atoms. The van der Waals surface area contributed by atoms with E-state index >= 15 is 0 Å². The predicted octanol–water partition coefficient (Wildman–Crippen LogP) is 3.60. The van der Waals surface area contributed by atoms with Crippen LogP contribution in [-0.2, 0) is 4.79 Å². The summed E-state index contributed by atoms with van der Waals surface area (Å²) in [6.45, 7) is -0.110. The van der Waals surface area contributed by atoms with Crippen molar-refractivity contribution in [3.05, 3.63) is 101 Å². The predicted molar refractivity (Wildman–Crippen MR) is 113 cm³/mol. The zero-order chi connectivity index (χ0) is 20.8. The second kappa shape index (κ2) is 9.19. The second-order valence-corrected chi connectivity index (χ2v) is 6.94. The molecule has 0 aliphatic carbocycles. The van der Waals surface area contributed by atoms with Gasteiger partial charge in [-0.25, -0.2) is 4.68 Å². The monoisotopic (exact) mass is 419 g/mol. The van der Waals surface area contributed by atoms with Crippen molar-refractivity contribution >= 4 is 17.5 Å². The third-order valence-electron chi connectivity index (χ3n) is 4.46. The molecule has 0 fully saturated rings. The lowest BCUT2D eigenvalue weighted by molar-refractivity contribution is -0.123. The lowest BCUT2D eigenvalue weighted by Crippen LogP contribution is -2.33.